The quantitative estimate of drug-likeness (QED) is 0.435. The fourth-order valence-electron chi connectivity index (χ4n) is 3.89. The van der Waals surface area contributed by atoms with E-state index in [4.69, 9.17) is 21.1 Å². The third-order valence-electron chi connectivity index (χ3n) is 5.53. The molecule has 1 aliphatic carbocycles. The number of nitrogens with one attached hydrogen (secondary N) is 2. The van der Waals surface area contributed by atoms with Gasteiger partial charge in [0.15, 0.2) is 5.13 Å². The van der Waals surface area contributed by atoms with E-state index < -0.39 is 20.7 Å². The monoisotopic (exact) mass is 520 g/mol. The van der Waals surface area contributed by atoms with Crippen LogP contribution in [-0.4, -0.2) is 70.3 Å². The minimum Gasteiger partial charge on any atom is -0.465 e. The lowest BCUT2D eigenvalue weighted by atomic mass is 9.87. The molecule has 182 valence electrons. The Labute approximate surface area is 201 Å². The summed E-state index contributed by atoms with van der Waals surface area (Å²) in [6, 6.07) is 1.95. The molecule has 33 heavy (non-hydrogen) atoms. The van der Waals surface area contributed by atoms with Crippen LogP contribution >= 0.6 is 22.9 Å². The molecular formula is C20H26ClFN4O5S2. The van der Waals surface area contributed by atoms with Gasteiger partial charge in [0.2, 0.25) is 0 Å². The highest BCUT2D eigenvalue weighted by atomic mass is 35.5. The lowest BCUT2D eigenvalue weighted by Gasteiger charge is -2.41. The zero-order valence-electron chi connectivity index (χ0n) is 18.2. The topological polar surface area (TPSA) is 110 Å². The molecule has 1 aliphatic rings. The molecule has 1 heterocycles. The first kappa shape index (κ1) is 25.6. The molecule has 3 atom stereocenters. The molecule has 0 amide bonds. The van der Waals surface area contributed by atoms with Crippen molar-refractivity contribution in [3.8, 4) is 0 Å². The largest absolute Gasteiger partial charge is 0.465 e. The zero-order chi connectivity index (χ0) is 24.0. The fourth-order valence-corrected chi connectivity index (χ4v) is 6.05. The Morgan fingerprint density at radius 3 is 2.85 bits per heavy atom. The molecule has 1 aromatic carbocycles. The molecule has 1 fully saturated rings. The van der Waals surface area contributed by atoms with E-state index in [0.717, 1.165) is 29.9 Å². The average molecular weight is 521 g/mol. The highest BCUT2D eigenvalue weighted by Crippen LogP contribution is 2.33. The lowest BCUT2D eigenvalue weighted by Crippen LogP contribution is -2.51. The number of halogens is 2. The van der Waals surface area contributed by atoms with Gasteiger partial charge in [0, 0.05) is 43.7 Å². The van der Waals surface area contributed by atoms with Crippen LogP contribution in [0.4, 0.5) is 15.2 Å². The summed E-state index contributed by atoms with van der Waals surface area (Å²) in [4.78, 5) is 16.2. The molecule has 1 saturated carbocycles. The fraction of sp³-hybridized carbons (Fsp3) is 0.500. The SMILES string of the molecule is COCCN(C)[C@H]1CCC(OC=O)C[C@@H]1Nc1cc(F)c(S(=O)(=O)Nc2nccs2)cc1Cl. The smallest absolute Gasteiger partial charge is 0.293 e. The molecule has 0 saturated heterocycles. The first-order chi connectivity index (χ1) is 15.7. The number of rotatable bonds is 11. The Bertz CT molecular complexity index is 1040. The van der Waals surface area contributed by atoms with Crippen molar-refractivity contribution in [3.05, 3.63) is 34.5 Å². The maximum Gasteiger partial charge on any atom is 0.293 e. The molecule has 9 nitrogen and oxygen atoms in total. The molecule has 1 aromatic heterocycles. The number of anilines is 2. The predicted molar refractivity (Wildman–Crippen MR) is 125 cm³/mol. The molecule has 1 unspecified atom stereocenters. The number of benzene rings is 1. The Hall–Kier alpha value is -1.99. The second-order valence-electron chi connectivity index (χ2n) is 7.66. The minimum atomic E-state index is -4.21. The molecule has 0 bridgehead atoms. The Kier molecular flexibility index (Phi) is 8.88. The standard InChI is InChI=1S/C20H26ClFN4O5S2/c1-26(6-7-30-2)18-4-3-13(31-12-27)9-17(18)24-16-11-15(22)19(10-14(16)21)33(28,29)25-20-23-5-8-32-20/h5,8,10-13,17-18,24H,3-4,6-7,9H2,1-2H3,(H,23,25)/t13?,17-,18-/m0/s1. The van der Waals surface area contributed by atoms with Gasteiger partial charge in [0.25, 0.3) is 16.5 Å². The number of thiazole rings is 1. The predicted octanol–water partition coefficient (Wildman–Crippen LogP) is 3.19. The first-order valence-corrected chi connectivity index (χ1v) is 13.0. The summed E-state index contributed by atoms with van der Waals surface area (Å²) in [5.41, 5.74) is 0.254. The maximum absolute atomic E-state index is 14.9. The summed E-state index contributed by atoms with van der Waals surface area (Å²) in [5, 5.41) is 5.00. The molecule has 0 radical (unpaired) electrons. The van der Waals surface area contributed by atoms with Crippen LogP contribution in [0.15, 0.2) is 28.6 Å². The van der Waals surface area contributed by atoms with Crippen LogP contribution in [0, 0.1) is 5.82 Å². The van der Waals surface area contributed by atoms with Crippen LogP contribution in [0.1, 0.15) is 19.3 Å². The summed E-state index contributed by atoms with van der Waals surface area (Å²) >= 11 is 7.44. The van der Waals surface area contributed by atoms with Crippen LogP contribution < -0.4 is 10.0 Å². The molecule has 0 spiro atoms. The molecule has 13 heteroatoms. The number of carbonyl (C=O) groups is 1. The van der Waals surface area contributed by atoms with Crippen molar-refractivity contribution in [2.45, 2.75) is 42.3 Å². The number of methoxy groups -OCH3 is 1. The van der Waals surface area contributed by atoms with E-state index in [2.05, 4.69) is 19.9 Å². The molecule has 2 N–H and O–H groups in total. The van der Waals surface area contributed by atoms with Gasteiger partial charge in [-0.1, -0.05) is 11.6 Å². The highest BCUT2D eigenvalue weighted by Gasteiger charge is 2.34. The number of hydrogen-bond acceptors (Lipinski definition) is 9. The van der Waals surface area contributed by atoms with Gasteiger partial charge in [-0.2, -0.15) is 0 Å². The summed E-state index contributed by atoms with van der Waals surface area (Å²) in [5.74, 6) is -0.952. The van der Waals surface area contributed by atoms with Gasteiger partial charge in [0.1, 0.15) is 16.8 Å². The maximum atomic E-state index is 14.9. The molecule has 0 aliphatic heterocycles. The normalized spacial score (nSPS) is 21.1. The number of ether oxygens (including phenoxy) is 2. The van der Waals surface area contributed by atoms with Gasteiger partial charge >= 0.3 is 0 Å². The summed E-state index contributed by atoms with van der Waals surface area (Å²) in [6.07, 6.45) is 3.08. The number of sulfonamides is 1. The van der Waals surface area contributed by atoms with Gasteiger partial charge in [-0.25, -0.2) is 17.8 Å². The van der Waals surface area contributed by atoms with E-state index in [1.165, 1.54) is 6.20 Å². The molecule has 3 rings (SSSR count). The molecular weight excluding hydrogens is 495 g/mol. The Morgan fingerprint density at radius 2 is 2.18 bits per heavy atom. The van der Waals surface area contributed by atoms with Crippen molar-refractivity contribution < 1.29 is 27.1 Å². The van der Waals surface area contributed by atoms with Crippen LogP contribution in [0.2, 0.25) is 5.02 Å². The first-order valence-electron chi connectivity index (χ1n) is 10.2. The second-order valence-corrected chi connectivity index (χ2v) is 10.6. The van der Waals surface area contributed by atoms with Crippen molar-refractivity contribution in [1.29, 1.82) is 0 Å². The second kappa shape index (κ2) is 11.4. The van der Waals surface area contributed by atoms with E-state index in [1.807, 2.05) is 7.05 Å². The number of carbonyl (C=O) groups excluding carboxylic acids is 1. The third kappa shape index (κ3) is 6.54. The van der Waals surface area contributed by atoms with Gasteiger partial charge in [-0.05, 0) is 32.0 Å². The third-order valence-corrected chi connectivity index (χ3v) is 8.02. The number of hydrogen-bond donors (Lipinski definition) is 2. The number of aromatic nitrogens is 1. The number of likely N-dealkylation sites (N-methyl/N-ethyl adjacent to an activating group) is 1. The Balaban J connectivity index is 1.83. The van der Waals surface area contributed by atoms with E-state index in [0.29, 0.717) is 32.5 Å². The highest BCUT2D eigenvalue weighted by molar-refractivity contribution is 7.93. The van der Waals surface area contributed by atoms with Gasteiger partial charge < -0.3 is 14.8 Å². The van der Waals surface area contributed by atoms with Crippen LogP contribution in [0.3, 0.4) is 0 Å². The van der Waals surface area contributed by atoms with E-state index in [9.17, 15) is 17.6 Å². The molecule has 2 aromatic rings. The van der Waals surface area contributed by atoms with Crippen LogP contribution in [0.25, 0.3) is 0 Å². The summed E-state index contributed by atoms with van der Waals surface area (Å²) in [7, 11) is -0.622. The minimum absolute atomic E-state index is 0.0424. The summed E-state index contributed by atoms with van der Waals surface area (Å²) in [6.45, 7) is 1.65. The van der Waals surface area contributed by atoms with Crippen molar-refractivity contribution in [2.75, 3.05) is 37.3 Å². The average Bonchev–Trinajstić information content (AvgIpc) is 3.27. The van der Waals surface area contributed by atoms with Crippen LogP contribution in [0.5, 0.6) is 0 Å². The van der Waals surface area contributed by atoms with Crippen molar-refractivity contribution >= 4 is 50.3 Å². The number of nitrogens with zero attached hydrogens (tertiary/aromatic N) is 2. The zero-order valence-corrected chi connectivity index (χ0v) is 20.6. The van der Waals surface area contributed by atoms with E-state index in [1.54, 1.807) is 12.5 Å². The summed E-state index contributed by atoms with van der Waals surface area (Å²) < 4.78 is 52.7. The van der Waals surface area contributed by atoms with E-state index in [-0.39, 0.29) is 34.0 Å². The Morgan fingerprint density at radius 1 is 1.39 bits per heavy atom. The van der Waals surface area contributed by atoms with Gasteiger partial charge in [0.05, 0.1) is 17.3 Å². The van der Waals surface area contributed by atoms with E-state index >= 15 is 0 Å². The van der Waals surface area contributed by atoms with Gasteiger partial charge in [-0.3, -0.25) is 14.4 Å². The van der Waals surface area contributed by atoms with Gasteiger partial charge in [-0.15, -0.1) is 11.3 Å². The van der Waals surface area contributed by atoms with Crippen molar-refractivity contribution in [2.24, 2.45) is 0 Å². The van der Waals surface area contributed by atoms with Crippen molar-refractivity contribution in [3.63, 3.8) is 0 Å². The lowest BCUT2D eigenvalue weighted by molar-refractivity contribution is -0.135. The van der Waals surface area contributed by atoms with Crippen LogP contribution in [-0.2, 0) is 24.3 Å². The van der Waals surface area contributed by atoms with Crippen molar-refractivity contribution in [1.82, 2.24) is 9.88 Å².